The zero-order chi connectivity index (χ0) is 13.6. The number of rotatable bonds is 2. The molecule has 0 bridgehead atoms. The molecule has 2 aromatic heterocycles. The highest BCUT2D eigenvalue weighted by molar-refractivity contribution is 8.00. The van der Waals surface area contributed by atoms with E-state index >= 15 is 0 Å². The first kappa shape index (κ1) is 13.1. The topological polar surface area (TPSA) is 104 Å². The van der Waals surface area contributed by atoms with Crippen LogP contribution in [0.2, 0.25) is 5.15 Å². The molecule has 7 nitrogen and oxygen atoms in total. The summed E-state index contributed by atoms with van der Waals surface area (Å²) in [6, 6.07) is 0. The fourth-order valence-corrected chi connectivity index (χ4v) is 3.67. The standard InChI is InChI=1S/C10H11ClN4O3S/c11-8-5-9(13-2-12-8)15(3-14-5)10-7(18)6(17)4(1-16)19-10/h2-4,6-7,10,16-18H,1H2/t4-,6+,7-,10-/m0/s1. The van der Waals surface area contributed by atoms with Crippen molar-refractivity contribution in [3.05, 3.63) is 17.8 Å². The smallest absolute Gasteiger partial charge is 0.165 e. The average molecular weight is 303 g/mol. The summed E-state index contributed by atoms with van der Waals surface area (Å²) in [5, 5.41) is 28.4. The molecule has 0 spiro atoms. The van der Waals surface area contributed by atoms with Crippen LogP contribution in [0.3, 0.4) is 0 Å². The van der Waals surface area contributed by atoms with Crippen LogP contribution in [0.4, 0.5) is 0 Å². The van der Waals surface area contributed by atoms with E-state index in [1.807, 2.05) is 0 Å². The first-order valence-electron chi connectivity index (χ1n) is 5.59. The van der Waals surface area contributed by atoms with Gasteiger partial charge in [0.1, 0.15) is 23.3 Å². The molecule has 0 aromatic carbocycles. The summed E-state index contributed by atoms with van der Waals surface area (Å²) in [6.45, 7) is -0.207. The lowest BCUT2D eigenvalue weighted by atomic mass is 10.1. The maximum absolute atomic E-state index is 10.1. The Kier molecular flexibility index (Phi) is 3.35. The third kappa shape index (κ3) is 2.00. The van der Waals surface area contributed by atoms with Crippen molar-refractivity contribution in [2.24, 2.45) is 0 Å². The number of thioether (sulfide) groups is 1. The summed E-state index contributed by atoms with van der Waals surface area (Å²) >= 11 is 7.19. The quantitative estimate of drug-likeness (QED) is 0.660. The molecule has 4 atom stereocenters. The Bertz CT molecular complexity index is 609. The minimum Gasteiger partial charge on any atom is -0.395 e. The van der Waals surface area contributed by atoms with Crippen molar-refractivity contribution >= 4 is 34.5 Å². The van der Waals surface area contributed by atoms with E-state index in [9.17, 15) is 10.2 Å². The number of halogens is 1. The second-order valence-electron chi connectivity index (χ2n) is 4.22. The van der Waals surface area contributed by atoms with Crippen LogP contribution < -0.4 is 0 Å². The molecular weight excluding hydrogens is 292 g/mol. The van der Waals surface area contributed by atoms with E-state index < -0.39 is 22.8 Å². The number of hydrogen-bond acceptors (Lipinski definition) is 7. The maximum Gasteiger partial charge on any atom is 0.165 e. The van der Waals surface area contributed by atoms with Gasteiger partial charge in [-0.2, -0.15) is 0 Å². The summed E-state index contributed by atoms with van der Waals surface area (Å²) in [6.07, 6.45) is 0.816. The van der Waals surface area contributed by atoms with Crippen molar-refractivity contribution in [2.75, 3.05) is 6.61 Å². The second kappa shape index (κ2) is 4.88. The molecule has 9 heteroatoms. The van der Waals surface area contributed by atoms with Crippen LogP contribution in [0.15, 0.2) is 12.7 Å². The number of hydrogen-bond donors (Lipinski definition) is 3. The molecule has 3 rings (SSSR count). The van der Waals surface area contributed by atoms with Gasteiger partial charge in [0.15, 0.2) is 10.8 Å². The lowest BCUT2D eigenvalue weighted by Crippen LogP contribution is -2.32. The number of imidazole rings is 1. The van der Waals surface area contributed by atoms with Crippen molar-refractivity contribution in [1.29, 1.82) is 0 Å². The molecule has 0 saturated carbocycles. The molecular formula is C10H11ClN4O3S. The summed E-state index contributed by atoms with van der Waals surface area (Å²) in [5.41, 5.74) is 0.932. The fourth-order valence-electron chi connectivity index (χ4n) is 2.12. The van der Waals surface area contributed by atoms with Gasteiger partial charge >= 0.3 is 0 Å². The van der Waals surface area contributed by atoms with E-state index in [2.05, 4.69) is 15.0 Å². The van der Waals surface area contributed by atoms with Crippen molar-refractivity contribution in [3.63, 3.8) is 0 Å². The summed E-state index contributed by atoms with van der Waals surface area (Å²) in [7, 11) is 0. The van der Waals surface area contributed by atoms with Crippen molar-refractivity contribution < 1.29 is 15.3 Å². The van der Waals surface area contributed by atoms with Crippen molar-refractivity contribution in [1.82, 2.24) is 19.5 Å². The van der Waals surface area contributed by atoms with Crippen LogP contribution in [0.5, 0.6) is 0 Å². The van der Waals surface area contributed by atoms with Gasteiger partial charge in [-0.05, 0) is 0 Å². The molecule has 3 heterocycles. The SMILES string of the molecule is OC[C@@H]1S[C@H](n2cnc3c(Cl)ncnc32)[C@@H](O)[C@@H]1O. The zero-order valence-electron chi connectivity index (χ0n) is 9.59. The van der Waals surface area contributed by atoms with Gasteiger partial charge in [-0.15, -0.1) is 11.8 Å². The minimum absolute atomic E-state index is 0.207. The normalized spacial score (nSPS) is 31.2. The Hall–Kier alpha value is -0.930. The Morgan fingerprint density at radius 3 is 2.74 bits per heavy atom. The Morgan fingerprint density at radius 1 is 1.26 bits per heavy atom. The Labute approximate surface area is 117 Å². The fraction of sp³-hybridized carbons (Fsp3) is 0.500. The van der Waals surface area contributed by atoms with E-state index in [1.54, 1.807) is 4.57 Å². The molecule has 1 aliphatic heterocycles. The first-order chi connectivity index (χ1) is 9.13. The Morgan fingerprint density at radius 2 is 2.05 bits per heavy atom. The van der Waals surface area contributed by atoms with Crippen LogP contribution in [0, 0.1) is 0 Å². The molecule has 1 fully saturated rings. The summed E-state index contributed by atoms with van der Waals surface area (Å²) in [5.74, 6) is 0. The number of fused-ring (bicyclic) bond motifs is 1. The number of aromatic nitrogens is 4. The number of nitrogens with zero attached hydrogens (tertiary/aromatic N) is 4. The molecule has 0 unspecified atom stereocenters. The van der Waals surface area contributed by atoms with Gasteiger partial charge in [-0.25, -0.2) is 15.0 Å². The number of aliphatic hydroxyl groups excluding tert-OH is 3. The largest absolute Gasteiger partial charge is 0.395 e. The highest BCUT2D eigenvalue weighted by Gasteiger charge is 2.43. The maximum atomic E-state index is 10.1. The number of aliphatic hydroxyl groups is 3. The van der Waals surface area contributed by atoms with Gasteiger partial charge in [-0.3, -0.25) is 4.57 Å². The predicted octanol–water partition coefficient (Wildman–Crippen LogP) is -0.192. The third-order valence-electron chi connectivity index (χ3n) is 3.11. The van der Waals surface area contributed by atoms with Gasteiger partial charge in [0.25, 0.3) is 0 Å². The van der Waals surface area contributed by atoms with Crippen LogP contribution >= 0.6 is 23.4 Å². The van der Waals surface area contributed by atoms with Gasteiger partial charge in [0.05, 0.1) is 24.3 Å². The van der Waals surface area contributed by atoms with Gasteiger partial charge < -0.3 is 15.3 Å². The van der Waals surface area contributed by atoms with E-state index in [0.717, 1.165) is 0 Å². The molecule has 2 aromatic rings. The van der Waals surface area contributed by atoms with Crippen molar-refractivity contribution in [3.8, 4) is 0 Å². The van der Waals surface area contributed by atoms with E-state index in [0.29, 0.717) is 11.2 Å². The summed E-state index contributed by atoms with van der Waals surface area (Å²) in [4.78, 5) is 12.0. The van der Waals surface area contributed by atoms with Gasteiger partial charge in [0, 0.05) is 0 Å². The highest BCUT2D eigenvalue weighted by Crippen LogP contribution is 2.42. The van der Waals surface area contributed by atoms with E-state index in [1.165, 1.54) is 24.4 Å². The molecule has 1 aliphatic rings. The molecule has 19 heavy (non-hydrogen) atoms. The van der Waals surface area contributed by atoms with Gasteiger partial charge in [0.2, 0.25) is 0 Å². The highest BCUT2D eigenvalue weighted by atomic mass is 35.5. The molecule has 0 amide bonds. The van der Waals surface area contributed by atoms with Crippen molar-refractivity contribution in [2.45, 2.75) is 22.8 Å². The molecule has 1 saturated heterocycles. The monoisotopic (exact) mass is 302 g/mol. The lowest BCUT2D eigenvalue weighted by molar-refractivity contribution is 0.0113. The van der Waals surface area contributed by atoms with E-state index in [4.69, 9.17) is 16.7 Å². The lowest BCUT2D eigenvalue weighted by Gasteiger charge is -2.16. The molecule has 3 N–H and O–H groups in total. The predicted molar refractivity (Wildman–Crippen MR) is 69.8 cm³/mol. The first-order valence-corrected chi connectivity index (χ1v) is 6.91. The van der Waals surface area contributed by atoms with Crippen LogP contribution in [0.25, 0.3) is 11.2 Å². The minimum atomic E-state index is -1.01. The summed E-state index contributed by atoms with van der Waals surface area (Å²) < 4.78 is 1.64. The van der Waals surface area contributed by atoms with Crippen LogP contribution in [-0.4, -0.2) is 58.9 Å². The van der Waals surface area contributed by atoms with Crippen LogP contribution in [-0.2, 0) is 0 Å². The average Bonchev–Trinajstić information content (AvgIpc) is 2.94. The molecule has 102 valence electrons. The second-order valence-corrected chi connectivity index (χ2v) is 5.94. The third-order valence-corrected chi connectivity index (χ3v) is 4.94. The zero-order valence-corrected chi connectivity index (χ0v) is 11.2. The molecule has 0 aliphatic carbocycles. The Balaban J connectivity index is 2.04. The van der Waals surface area contributed by atoms with E-state index in [-0.39, 0.29) is 11.8 Å². The van der Waals surface area contributed by atoms with Crippen LogP contribution in [0.1, 0.15) is 5.37 Å². The molecule has 0 radical (unpaired) electrons. The van der Waals surface area contributed by atoms with Gasteiger partial charge in [-0.1, -0.05) is 11.6 Å².